The van der Waals surface area contributed by atoms with Crippen molar-refractivity contribution in [2.24, 2.45) is 5.41 Å². The molecule has 2 nitrogen and oxygen atoms in total. The van der Waals surface area contributed by atoms with Crippen LogP contribution in [-0.4, -0.2) is 12.5 Å². The van der Waals surface area contributed by atoms with Crippen LogP contribution in [0.5, 0.6) is 0 Å². The van der Waals surface area contributed by atoms with E-state index in [1.165, 1.54) is 6.07 Å². The summed E-state index contributed by atoms with van der Waals surface area (Å²) >= 11 is 0. The van der Waals surface area contributed by atoms with Gasteiger partial charge in [-0.2, -0.15) is 0 Å². The molecule has 0 radical (unpaired) electrons. The minimum atomic E-state index is -1.73. The van der Waals surface area contributed by atoms with Gasteiger partial charge in [0.05, 0.1) is 5.56 Å². The molecule has 1 N–H and O–H groups in total. The van der Waals surface area contributed by atoms with E-state index in [-0.39, 0.29) is 17.5 Å². The number of carbonyl (C=O) groups excluding carboxylic acids is 1. The van der Waals surface area contributed by atoms with Crippen LogP contribution in [0.3, 0.4) is 0 Å². The average Bonchev–Trinajstić information content (AvgIpc) is 3.12. The molecule has 0 bridgehead atoms. The second-order valence-corrected chi connectivity index (χ2v) is 7.17. The Kier molecular flexibility index (Phi) is 4.29. The molecular weight excluding hydrogens is 353 g/mol. The van der Waals surface area contributed by atoms with E-state index in [0.717, 1.165) is 18.2 Å². The van der Waals surface area contributed by atoms with E-state index in [1.807, 2.05) is 13.8 Å². The number of amides is 1. The van der Waals surface area contributed by atoms with Gasteiger partial charge in [0.2, 0.25) is 0 Å². The average molecular weight is 369 g/mol. The van der Waals surface area contributed by atoms with Gasteiger partial charge in [-0.15, -0.1) is 0 Å². The molecule has 0 heterocycles. The van der Waals surface area contributed by atoms with Crippen LogP contribution >= 0.6 is 0 Å². The van der Waals surface area contributed by atoms with Gasteiger partial charge in [-0.05, 0) is 35.6 Å². The van der Waals surface area contributed by atoms with Gasteiger partial charge in [0.25, 0.3) is 5.91 Å². The number of halogens is 5. The molecule has 1 unspecified atom stereocenters. The molecule has 2 aromatic carbocycles. The zero-order valence-electron chi connectivity index (χ0n) is 14.1. The molecule has 3 rings (SSSR count). The zero-order valence-corrected chi connectivity index (χ0v) is 14.1. The normalized spacial score (nSPS) is 20.7. The SMILES string of the molecule is CC1(C)CC1(CNC(=O)c1ccc(F)c(F)c1F)c1ccc(F)cc1F. The summed E-state index contributed by atoms with van der Waals surface area (Å²) in [6, 6.07) is 4.72. The van der Waals surface area contributed by atoms with Crippen molar-refractivity contribution < 1.29 is 26.7 Å². The number of carbonyl (C=O) groups is 1. The van der Waals surface area contributed by atoms with Gasteiger partial charge in [-0.3, -0.25) is 4.79 Å². The Balaban J connectivity index is 1.85. The third-order valence-corrected chi connectivity index (χ3v) is 5.19. The standard InChI is InChI=1S/C19H16F5NO/c1-18(2)8-19(18,12-5-3-10(20)7-14(12)22)9-25-17(26)11-4-6-13(21)16(24)15(11)23/h3-7H,8-9H2,1-2H3,(H,25,26). The van der Waals surface area contributed by atoms with Gasteiger partial charge in [0, 0.05) is 18.0 Å². The fourth-order valence-corrected chi connectivity index (χ4v) is 3.47. The Bertz CT molecular complexity index is 896. The van der Waals surface area contributed by atoms with Crippen LogP contribution in [0.1, 0.15) is 36.2 Å². The molecule has 2 aromatic rings. The maximum Gasteiger partial charge on any atom is 0.254 e. The largest absolute Gasteiger partial charge is 0.351 e. The maximum atomic E-state index is 14.2. The lowest BCUT2D eigenvalue weighted by molar-refractivity contribution is 0.0942. The van der Waals surface area contributed by atoms with E-state index < -0.39 is 46.0 Å². The van der Waals surface area contributed by atoms with E-state index in [2.05, 4.69) is 5.32 Å². The number of nitrogens with one attached hydrogen (secondary N) is 1. The maximum absolute atomic E-state index is 14.2. The van der Waals surface area contributed by atoms with Gasteiger partial charge in [0.1, 0.15) is 11.6 Å². The topological polar surface area (TPSA) is 29.1 Å². The number of hydrogen-bond donors (Lipinski definition) is 1. The minimum Gasteiger partial charge on any atom is -0.351 e. The van der Waals surface area contributed by atoms with Gasteiger partial charge >= 0.3 is 0 Å². The van der Waals surface area contributed by atoms with Gasteiger partial charge in [-0.25, -0.2) is 22.0 Å². The zero-order chi connectivity index (χ0) is 19.3. The lowest BCUT2D eigenvalue weighted by Crippen LogP contribution is -2.36. The molecule has 1 fully saturated rings. The highest BCUT2D eigenvalue weighted by Crippen LogP contribution is 2.64. The second-order valence-electron chi connectivity index (χ2n) is 7.17. The summed E-state index contributed by atoms with van der Waals surface area (Å²) in [7, 11) is 0. The quantitative estimate of drug-likeness (QED) is 0.625. The van der Waals surface area contributed by atoms with Crippen LogP contribution in [0.4, 0.5) is 22.0 Å². The smallest absolute Gasteiger partial charge is 0.254 e. The summed E-state index contributed by atoms with van der Waals surface area (Å²) < 4.78 is 67.5. The Morgan fingerprint density at radius 1 is 1.00 bits per heavy atom. The van der Waals surface area contributed by atoms with Crippen molar-refractivity contribution in [3.63, 3.8) is 0 Å². The first-order valence-electron chi connectivity index (χ1n) is 7.96. The Morgan fingerprint density at radius 2 is 1.65 bits per heavy atom. The first-order valence-corrected chi connectivity index (χ1v) is 7.96. The van der Waals surface area contributed by atoms with Crippen molar-refractivity contribution in [2.45, 2.75) is 25.7 Å². The van der Waals surface area contributed by atoms with E-state index in [1.54, 1.807) is 0 Å². The molecule has 0 spiro atoms. The van der Waals surface area contributed by atoms with Crippen LogP contribution in [0.25, 0.3) is 0 Å². The van der Waals surface area contributed by atoms with Crippen LogP contribution in [0.15, 0.2) is 30.3 Å². The first kappa shape index (κ1) is 18.4. The third-order valence-electron chi connectivity index (χ3n) is 5.19. The summed E-state index contributed by atoms with van der Waals surface area (Å²) in [5.41, 5.74) is -1.58. The van der Waals surface area contributed by atoms with Crippen molar-refractivity contribution in [3.8, 4) is 0 Å². The molecular formula is C19H16F5NO. The van der Waals surface area contributed by atoms with Gasteiger partial charge in [-0.1, -0.05) is 19.9 Å². The molecule has 0 saturated heterocycles. The summed E-state index contributed by atoms with van der Waals surface area (Å²) in [5.74, 6) is -7.10. The van der Waals surface area contributed by atoms with Crippen LogP contribution < -0.4 is 5.32 Å². The van der Waals surface area contributed by atoms with Crippen LogP contribution in [0, 0.1) is 34.5 Å². The van der Waals surface area contributed by atoms with Crippen molar-refractivity contribution in [1.29, 1.82) is 0 Å². The van der Waals surface area contributed by atoms with E-state index in [9.17, 15) is 26.7 Å². The molecule has 26 heavy (non-hydrogen) atoms. The number of rotatable bonds is 4. The summed E-state index contributed by atoms with van der Waals surface area (Å²) in [5, 5.41) is 2.46. The monoisotopic (exact) mass is 369 g/mol. The van der Waals surface area contributed by atoms with E-state index >= 15 is 0 Å². The lowest BCUT2D eigenvalue weighted by Gasteiger charge is -2.22. The van der Waals surface area contributed by atoms with E-state index in [0.29, 0.717) is 12.5 Å². The Hall–Kier alpha value is -2.44. The van der Waals surface area contributed by atoms with Crippen molar-refractivity contribution in [1.82, 2.24) is 5.32 Å². The lowest BCUT2D eigenvalue weighted by atomic mass is 9.87. The first-order chi connectivity index (χ1) is 12.1. The highest BCUT2D eigenvalue weighted by Gasteiger charge is 2.62. The fourth-order valence-electron chi connectivity index (χ4n) is 3.47. The molecule has 1 saturated carbocycles. The summed E-state index contributed by atoms with van der Waals surface area (Å²) in [6.45, 7) is 3.67. The predicted molar refractivity (Wildman–Crippen MR) is 85.1 cm³/mol. The van der Waals surface area contributed by atoms with Crippen molar-refractivity contribution >= 4 is 5.91 Å². The molecule has 1 aliphatic rings. The summed E-state index contributed by atoms with van der Waals surface area (Å²) in [4.78, 5) is 12.2. The highest BCUT2D eigenvalue weighted by atomic mass is 19.2. The molecule has 0 aliphatic heterocycles. The number of benzene rings is 2. The predicted octanol–water partition coefficient (Wildman–Crippen LogP) is 4.48. The molecule has 7 heteroatoms. The van der Waals surface area contributed by atoms with Crippen molar-refractivity contribution in [2.75, 3.05) is 6.54 Å². The molecule has 138 valence electrons. The number of hydrogen-bond acceptors (Lipinski definition) is 1. The highest BCUT2D eigenvalue weighted by molar-refractivity contribution is 5.94. The molecule has 0 aromatic heterocycles. The van der Waals surface area contributed by atoms with E-state index in [4.69, 9.17) is 0 Å². The fraction of sp³-hybridized carbons (Fsp3) is 0.316. The third kappa shape index (κ3) is 2.85. The van der Waals surface area contributed by atoms with Gasteiger partial charge < -0.3 is 5.32 Å². The molecule has 1 aliphatic carbocycles. The second kappa shape index (κ2) is 6.07. The summed E-state index contributed by atoms with van der Waals surface area (Å²) in [6.07, 6.45) is 0.517. The Morgan fingerprint density at radius 3 is 2.23 bits per heavy atom. The Labute approximate surface area is 147 Å². The molecule has 1 amide bonds. The van der Waals surface area contributed by atoms with Gasteiger partial charge in [0.15, 0.2) is 17.5 Å². The molecule has 1 atom stereocenters. The minimum absolute atomic E-state index is 0.0557. The van der Waals surface area contributed by atoms with Crippen molar-refractivity contribution in [3.05, 3.63) is 70.5 Å². The van der Waals surface area contributed by atoms with Crippen LogP contribution in [-0.2, 0) is 5.41 Å². The van der Waals surface area contributed by atoms with Crippen LogP contribution in [0.2, 0.25) is 0 Å².